The standard InChI is InChI=1S/C24H24O6/c1-4-7-14-10-16-20(12-19(14)30-22(25)6-3)29-17(5-2)23(24(16)26)15-8-9-18-21(11-15)28-13-27-18/h8-12H,4-7,13H2,1-3H3. The first-order valence-electron chi connectivity index (χ1n) is 10.3. The predicted molar refractivity (Wildman–Crippen MR) is 113 cm³/mol. The first kappa shape index (κ1) is 20.0. The highest BCUT2D eigenvalue weighted by Crippen LogP contribution is 2.37. The van der Waals surface area contributed by atoms with Gasteiger partial charge in [0.05, 0.1) is 10.9 Å². The molecule has 0 atom stereocenters. The van der Waals surface area contributed by atoms with E-state index < -0.39 is 0 Å². The molecule has 0 fully saturated rings. The molecule has 0 unspecified atom stereocenters. The average molecular weight is 408 g/mol. The minimum atomic E-state index is -0.318. The number of hydrogen-bond acceptors (Lipinski definition) is 6. The van der Waals surface area contributed by atoms with Crippen molar-refractivity contribution in [3.05, 3.63) is 51.9 Å². The summed E-state index contributed by atoms with van der Waals surface area (Å²) in [4.78, 5) is 25.4. The van der Waals surface area contributed by atoms with Gasteiger partial charge in [-0.1, -0.05) is 33.3 Å². The summed E-state index contributed by atoms with van der Waals surface area (Å²) in [6, 6.07) is 8.91. The van der Waals surface area contributed by atoms with E-state index in [4.69, 9.17) is 18.6 Å². The van der Waals surface area contributed by atoms with Crippen LogP contribution < -0.4 is 19.6 Å². The van der Waals surface area contributed by atoms with E-state index in [1.807, 2.05) is 26.0 Å². The second kappa shape index (κ2) is 8.22. The summed E-state index contributed by atoms with van der Waals surface area (Å²) in [5, 5.41) is 0.472. The Kier molecular flexibility index (Phi) is 5.48. The molecule has 6 nitrogen and oxygen atoms in total. The molecule has 3 aromatic rings. The van der Waals surface area contributed by atoms with Gasteiger partial charge in [-0.3, -0.25) is 9.59 Å². The summed E-state index contributed by atoms with van der Waals surface area (Å²) in [5.41, 5.74) is 2.37. The van der Waals surface area contributed by atoms with Gasteiger partial charge in [0.15, 0.2) is 11.5 Å². The first-order chi connectivity index (χ1) is 14.5. The number of esters is 1. The fourth-order valence-corrected chi connectivity index (χ4v) is 3.66. The lowest BCUT2D eigenvalue weighted by Crippen LogP contribution is -2.11. The molecule has 156 valence electrons. The molecule has 0 saturated carbocycles. The third kappa shape index (κ3) is 3.54. The highest BCUT2D eigenvalue weighted by atomic mass is 16.7. The fourth-order valence-electron chi connectivity index (χ4n) is 3.66. The van der Waals surface area contributed by atoms with Crippen LogP contribution in [0.3, 0.4) is 0 Å². The second-order valence-electron chi connectivity index (χ2n) is 7.18. The topological polar surface area (TPSA) is 75.0 Å². The van der Waals surface area contributed by atoms with Crippen LogP contribution in [0.1, 0.15) is 44.9 Å². The second-order valence-corrected chi connectivity index (χ2v) is 7.18. The zero-order valence-electron chi connectivity index (χ0n) is 17.4. The van der Waals surface area contributed by atoms with Gasteiger partial charge in [-0.2, -0.15) is 0 Å². The van der Waals surface area contributed by atoms with Crippen molar-refractivity contribution in [2.75, 3.05) is 6.79 Å². The van der Waals surface area contributed by atoms with E-state index >= 15 is 0 Å². The molecule has 1 aromatic heterocycles. The van der Waals surface area contributed by atoms with Crippen LogP contribution in [0.5, 0.6) is 17.2 Å². The summed E-state index contributed by atoms with van der Waals surface area (Å²) in [7, 11) is 0. The molecule has 0 bridgehead atoms. The predicted octanol–water partition coefficient (Wildman–Crippen LogP) is 5.02. The monoisotopic (exact) mass is 408 g/mol. The third-order valence-corrected chi connectivity index (χ3v) is 5.16. The van der Waals surface area contributed by atoms with Crippen LogP contribution in [-0.4, -0.2) is 12.8 Å². The number of aryl methyl sites for hydroxylation is 2. The SMILES string of the molecule is CCCc1cc2c(=O)c(-c3ccc4c(c3)OCO4)c(CC)oc2cc1OC(=O)CC. The van der Waals surface area contributed by atoms with Crippen LogP contribution in [0.2, 0.25) is 0 Å². The fraction of sp³-hybridized carbons (Fsp3) is 0.333. The number of hydrogen-bond donors (Lipinski definition) is 0. The minimum absolute atomic E-state index is 0.113. The molecule has 0 amide bonds. The molecule has 0 N–H and O–H groups in total. The van der Waals surface area contributed by atoms with Crippen molar-refractivity contribution in [3.8, 4) is 28.4 Å². The summed E-state index contributed by atoms with van der Waals surface area (Å²) < 4.78 is 22.5. The molecular weight excluding hydrogens is 384 g/mol. The van der Waals surface area contributed by atoms with Gasteiger partial charge in [-0.25, -0.2) is 0 Å². The molecule has 0 saturated heterocycles. The Bertz CT molecular complexity index is 1170. The Hall–Kier alpha value is -3.28. The van der Waals surface area contributed by atoms with E-state index in [-0.39, 0.29) is 24.6 Å². The molecular formula is C24H24O6. The zero-order chi connectivity index (χ0) is 21.3. The Labute approximate surface area is 174 Å². The molecule has 30 heavy (non-hydrogen) atoms. The maximum absolute atomic E-state index is 13.5. The van der Waals surface area contributed by atoms with Crippen molar-refractivity contribution in [1.82, 2.24) is 0 Å². The van der Waals surface area contributed by atoms with Gasteiger partial charge in [-0.15, -0.1) is 0 Å². The van der Waals surface area contributed by atoms with E-state index in [0.29, 0.717) is 52.4 Å². The first-order valence-corrected chi connectivity index (χ1v) is 10.3. The molecule has 6 heteroatoms. The summed E-state index contributed by atoms with van der Waals surface area (Å²) in [6.45, 7) is 5.89. The lowest BCUT2D eigenvalue weighted by molar-refractivity contribution is -0.134. The van der Waals surface area contributed by atoms with Gasteiger partial charge >= 0.3 is 5.97 Å². The smallest absolute Gasteiger partial charge is 0.310 e. The van der Waals surface area contributed by atoms with Crippen LogP contribution in [0.25, 0.3) is 22.1 Å². The Morgan fingerprint density at radius 2 is 1.87 bits per heavy atom. The molecule has 0 radical (unpaired) electrons. The maximum Gasteiger partial charge on any atom is 0.310 e. The third-order valence-electron chi connectivity index (χ3n) is 5.16. The molecule has 0 spiro atoms. The van der Waals surface area contributed by atoms with Crippen LogP contribution in [0.15, 0.2) is 39.5 Å². The average Bonchev–Trinajstić information content (AvgIpc) is 3.22. The minimum Gasteiger partial charge on any atom is -0.460 e. The summed E-state index contributed by atoms with van der Waals surface area (Å²) in [5.74, 6) is 1.98. The molecule has 1 aliphatic rings. The van der Waals surface area contributed by atoms with E-state index in [9.17, 15) is 9.59 Å². The zero-order valence-corrected chi connectivity index (χ0v) is 17.4. The van der Waals surface area contributed by atoms with Crippen LogP contribution >= 0.6 is 0 Å². The molecule has 2 aromatic carbocycles. The van der Waals surface area contributed by atoms with Crippen molar-refractivity contribution in [2.45, 2.75) is 46.5 Å². The maximum atomic E-state index is 13.5. The number of carbonyl (C=O) groups excluding carboxylic acids is 1. The van der Waals surface area contributed by atoms with Crippen LogP contribution in [0, 0.1) is 0 Å². The lowest BCUT2D eigenvalue weighted by Gasteiger charge is -2.13. The van der Waals surface area contributed by atoms with E-state index in [0.717, 1.165) is 17.5 Å². The van der Waals surface area contributed by atoms with Crippen molar-refractivity contribution in [1.29, 1.82) is 0 Å². The highest BCUT2D eigenvalue weighted by Gasteiger charge is 2.21. The van der Waals surface area contributed by atoms with Gasteiger partial charge < -0.3 is 18.6 Å². The van der Waals surface area contributed by atoms with E-state index in [2.05, 4.69) is 0 Å². The Morgan fingerprint density at radius 1 is 1.07 bits per heavy atom. The van der Waals surface area contributed by atoms with Gasteiger partial charge in [0.1, 0.15) is 17.1 Å². The molecule has 1 aliphatic heterocycles. The quantitative estimate of drug-likeness (QED) is 0.421. The Balaban J connectivity index is 1.92. The number of ether oxygens (including phenoxy) is 3. The van der Waals surface area contributed by atoms with Gasteiger partial charge in [0.25, 0.3) is 0 Å². The number of carbonyl (C=O) groups is 1. The summed E-state index contributed by atoms with van der Waals surface area (Å²) in [6.07, 6.45) is 2.36. The number of fused-ring (bicyclic) bond motifs is 2. The number of rotatable bonds is 6. The molecule has 4 rings (SSSR count). The van der Waals surface area contributed by atoms with E-state index in [1.165, 1.54) is 0 Å². The Morgan fingerprint density at radius 3 is 2.60 bits per heavy atom. The van der Waals surface area contributed by atoms with Crippen LogP contribution in [0.4, 0.5) is 0 Å². The van der Waals surface area contributed by atoms with Crippen molar-refractivity contribution >= 4 is 16.9 Å². The van der Waals surface area contributed by atoms with E-state index in [1.54, 1.807) is 25.1 Å². The largest absolute Gasteiger partial charge is 0.460 e. The van der Waals surface area contributed by atoms with Gasteiger partial charge in [-0.05, 0) is 35.7 Å². The lowest BCUT2D eigenvalue weighted by atomic mass is 9.98. The van der Waals surface area contributed by atoms with Crippen LogP contribution in [-0.2, 0) is 17.6 Å². The van der Waals surface area contributed by atoms with Crippen molar-refractivity contribution in [2.24, 2.45) is 0 Å². The summed E-state index contributed by atoms with van der Waals surface area (Å²) >= 11 is 0. The van der Waals surface area contributed by atoms with Gasteiger partial charge in [0, 0.05) is 18.9 Å². The van der Waals surface area contributed by atoms with Gasteiger partial charge in [0.2, 0.25) is 12.2 Å². The number of benzene rings is 2. The van der Waals surface area contributed by atoms with Crippen molar-refractivity contribution in [3.63, 3.8) is 0 Å². The molecule has 0 aliphatic carbocycles. The highest BCUT2D eigenvalue weighted by molar-refractivity contribution is 5.86. The van der Waals surface area contributed by atoms with Crippen molar-refractivity contribution < 1.29 is 23.4 Å². The molecule has 2 heterocycles. The normalized spacial score (nSPS) is 12.4.